The molecule has 0 aromatic rings. The summed E-state index contributed by atoms with van der Waals surface area (Å²) in [5.74, 6) is 0.952. The summed E-state index contributed by atoms with van der Waals surface area (Å²) in [7, 11) is -9.92. The van der Waals surface area contributed by atoms with Gasteiger partial charge in [-0.15, -0.1) is 0 Å². The molecular weight excluding hydrogens is 1270 g/mol. The Kier molecular flexibility index (Phi) is 65.9. The number of aliphatic hydroxyl groups is 1. The zero-order chi connectivity index (χ0) is 71.7. The molecule has 0 fully saturated rings. The normalized spacial score (nSPS) is 14.1. The van der Waals surface area contributed by atoms with Crippen LogP contribution in [0.2, 0.25) is 0 Å². The number of carbonyl (C=O) groups excluding carboxylic acids is 4. The van der Waals surface area contributed by atoms with Crippen LogP contribution in [0.3, 0.4) is 0 Å². The number of phosphoric ester groups is 2. The number of ether oxygens (including phenoxy) is 4. The molecule has 0 saturated heterocycles. The zero-order valence-corrected chi connectivity index (χ0v) is 65.5. The van der Waals surface area contributed by atoms with Gasteiger partial charge in [0.05, 0.1) is 26.4 Å². The third-order valence-corrected chi connectivity index (χ3v) is 20.0. The van der Waals surface area contributed by atoms with Gasteiger partial charge in [0.2, 0.25) is 0 Å². The van der Waals surface area contributed by atoms with E-state index in [0.717, 1.165) is 114 Å². The van der Waals surface area contributed by atoms with E-state index in [0.29, 0.717) is 25.7 Å². The van der Waals surface area contributed by atoms with E-state index in [4.69, 9.17) is 37.0 Å². The van der Waals surface area contributed by atoms with Crippen LogP contribution < -0.4 is 0 Å². The highest BCUT2D eigenvalue weighted by atomic mass is 31.2. The molecule has 5 atom stereocenters. The SMILES string of the molecule is CC(C)CCCCCCCCCCCCCCCCCC(=O)O[C@H](COC(=O)CCCCCCCCCCCCCC(C)C)COP(=O)(O)OC[C@@H](O)COP(=O)(O)OC[C@@H](COC(=O)CCCCCCCCCCCC(C)C)OC(=O)CCCCCCCCCCCCC(C)C. The Hall–Kier alpha value is -1.94. The minimum Gasteiger partial charge on any atom is -0.462 e. The monoisotopic (exact) mass is 1420 g/mol. The van der Waals surface area contributed by atoms with Crippen molar-refractivity contribution in [3.63, 3.8) is 0 Å². The highest BCUT2D eigenvalue weighted by Crippen LogP contribution is 2.45. The second-order valence-electron chi connectivity index (χ2n) is 30.0. The molecule has 0 bridgehead atoms. The average molecular weight is 1420 g/mol. The number of aliphatic hydroxyl groups excluding tert-OH is 1. The number of rotatable bonds is 75. The van der Waals surface area contributed by atoms with Crippen LogP contribution in [0, 0.1) is 23.7 Å². The van der Waals surface area contributed by atoms with E-state index in [9.17, 15) is 43.2 Å². The molecule has 0 saturated carbocycles. The van der Waals surface area contributed by atoms with Crippen LogP contribution in [0.4, 0.5) is 0 Å². The van der Waals surface area contributed by atoms with Gasteiger partial charge in [-0.25, -0.2) is 9.13 Å². The number of esters is 4. The third-order valence-electron chi connectivity index (χ3n) is 18.1. The summed E-state index contributed by atoms with van der Waals surface area (Å²) in [4.78, 5) is 72.9. The predicted molar refractivity (Wildman–Crippen MR) is 395 cm³/mol. The van der Waals surface area contributed by atoms with Crippen LogP contribution >= 0.6 is 15.6 Å². The van der Waals surface area contributed by atoms with E-state index in [1.165, 1.54) is 199 Å². The van der Waals surface area contributed by atoms with Gasteiger partial charge >= 0.3 is 39.5 Å². The molecule has 0 heterocycles. The van der Waals surface area contributed by atoms with Crippen molar-refractivity contribution in [3.8, 4) is 0 Å². The average Bonchev–Trinajstić information content (AvgIpc) is 1.50. The number of unbranched alkanes of at least 4 members (excludes halogenated alkanes) is 41. The maximum absolute atomic E-state index is 13.1. The molecular formula is C78H152O17P2. The van der Waals surface area contributed by atoms with Crippen molar-refractivity contribution >= 4 is 39.5 Å². The summed E-state index contributed by atoms with van der Waals surface area (Å²) in [6.07, 6.45) is 52.7. The van der Waals surface area contributed by atoms with E-state index in [2.05, 4.69) is 55.4 Å². The maximum Gasteiger partial charge on any atom is 0.472 e. The molecule has 0 spiro atoms. The first kappa shape index (κ1) is 95.1. The zero-order valence-electron chi connectivity index (χ0n) is 63.7. The highest BCUT2D eigenvalue weighted by Gasteiger charge is 2.30. The fourth-order valence-corrected chi connectivity index (χ4v) is 13.5. The van der Waals surface area contributed by atoms with Crippen LogP contribution in [-0.2, 0) is 65.4 Å². The molecule has 576 valence electrons. The van der Waals surface area contributed by atoms with Crippen molar-refractivity contribution < 1.29 is 80.2 Å². The standard InChI is InChI=1S/C78H152O17P2/c1-68(2)54-46-38-30-22-15-12-10-9-11-13-17-27-36-44-52-60-77(82)94-73(64-88-75(80)58-50-42-34-26-18-14-16-23-31-39-47-55-69(3)4)66-92-96(84,85)90-62-72(79)63-91-97(86,87)93-67-74(65-89-76(81)59-51-43-35-29-21-25-33-41-49-57-71(7)8)95-78(83)61-53-45-37-28-20-19-24-32-40-48-56-70(5)6/h68-74,79H,9-67H2,1-8H3,(H,84,85)(H,86,87)/t72-,73-,74-/m1/s1. The molecule has 2 unspecified atom stereocenters. The van der Waals surface area contributed by atoms with Crippen LogP contribution in [0.5, 0.6) is 0 Å². The van der Waals surface area contributed by atoms with Crippen LogP contribution in [-0.4, -0.2) is 96.7 Å². The van der Waals surface area contributed by atoms with Crippen LogP contribution in [0.1, 0.15) is 396 Å². The number of hydrogen-bond acceptors (Lipinski definition) is 15. The van der Waals surface area contributed by atoms with Gasteiger partial charge in [0.15, 0.2) is 12.2 Å². The predicted octanol–water partition coefficient (Wildman–Crippen LogP) is 22.8. The van der Waals surface area contributed by atoms with Crippen molar-refractivity contribution in [2.45, 2.75) is 414 Å². The first-order valence-electron chi connectivity index (χ1n) is 40.2. The maximum atomic E-state index is 13.1. The van der Waals surface area contributed by atoms with Gasteiger partial charge in [-0.3, -0.25) is 37.3 Å². The van der Waals surface area contributed by atoms with Gasteiger partial charge in [0.1, 0.15) is 19.3 Å². The van der Waals surface area contributed by atoms with Gasteiger partial charge in [-0.05, 0) is 49.4 Å². The Morgan fingerprint density at radius 2 is 0.433 bits per heavy atom. The fourth-order valence-electron chi connectivity index (χ4n) is 11.9. The topological polar surface area (TPSA) is 237 Å². The fraction of sp³-hybridized carbons (Fsp3) is 0.949. The Balaban J connectivity index is 5.26. The van der Waals surface area contributed by atoms with Crippen LogP contribution in [0.25, 0.3) is 0 Å². The molecule has 0 aliphatic heterocycles. The molecule has 19 heteroatoms. The largest absolute Gasteiger partial charge is 0.472 e. The van der Waals surface area contributed by atoms with Crippen molar-refractivity contribution in [2.75, 3.05) is 39.6 Å². The molecule has 0 radical (unpaired) electrons. The van der Waals surface area contributed by atoms with Crippen molar-refractivity contribution in [2.24, 2.45) is 23.7 Å². The van der Waals surface area contributed by atoms with Gasteiger partial charge in [-0.1, -0.05) is 344 Å². The third kappa shape index (κ3) is 72.2. The molecule has 17 nitrogen and oxygen atoms in total. The second kappa shape index (κ2) is 67.2. The summed E-state index contributed by atoms with van der Waals surface area (Å²) in [6.45, 7) is 14.2. The molecule has 3 N–H and O–H groups in total. The molecule has 0 aliphatic rings. The lowest BCUT2D eigenvalue weighted by Gasteiger charge is -2.21. The summed E-state index contributed by atoms with van der Waals surface area (Å²) < 4.78 is 68.6. The Morgan fingerprint density at radius 1 is 0.258 bits per heavy atom. The number of phosphoric acid groups is 2. The van der Waals surface area contributed by atoms with Crippen molar-refractivity contribution in [1.82, 2.24) is 0 Å². The van der Waals surface area contributed by atoms with Gasteiger partial charge in [0.25, 0.3) is 0 Å². The minimum absolute atomic E-state index is 0.105. The Bertz CT molecular complexity index is 1900. The highest BCUT2D eigenvalue weighted by molar-refractivity contribution is 7.47. The number of hydrogen-bond donors (Lipinski definition) is 3. The Morgan fingerprint density at radius 3 is 0.639 bits per heavy atom. The Labute approximate surface area is 594 Å². The molecule has 0 aliphatic carbocycles. The van der Waals surface area contributed by atoms with E-state index >= 15 is 0 Å². The smallest absolute Gasteiger partial charge is 0.462 e. The second-order valence-corrected chi connectivity index (χ2v) is 32.9. The summed E-state index contributed by atoms with van der Waals surface area (Å²) in [6, 6.07) is 0. The van der Waals surface area contributed by atoms with Crippen molar-refractivity contribution in [3.05, 3.63) is 0 Å². The molecule has 0 rings (SSSR count). The lowest BCUT2D eigenvalue weighted by Crippen LogP contribution is -2.30. The minimum atomic E-state index is -4.96. The lowest BCUT2D eigenvalue weighted by molar-refractivity contribution is -0.161. The molecule has 0 amide bonds. The van der Waals surface area contributed by atoms with Gasteiger partial charge < -0.3 is 33.8 Å². The lowest BCUT2D eigenvalue weighted by atomic mass is 10.0. The van der Waals surface area contributed by atoms with E-state index in [1.807, 2.05) is 0 Å². The van der Waals surface area contributed by atoms with Gasteiger partial charge in [0, 0.05) is 25.7 Å². The first-order valence-corrected chi connectivity index (χ1v) is 43.2. The summed E-state index contributed by atoms with van der Waals surface area (Å²) in [5.41, 5.74) is 0. The molecule has 0 aromatic heterocycles. The van der Waals surface area contributed by atoms with E-state index < -0.39 is 97.5 Å². The van der Waals surface area contributed by atoms with Crippen LogP contribution in [0.15, 0.2) is 0 Å². The molecule has 0 aromatic carbocycles. The molecule has 97 heavy (non-hydrogen) atoms. The summed E-state index contributed by atoms with van der Waals surface area (Å²) >= 11 is 0. The first-order chi connectivity index (χ1) is 46.6. The summed E-state index contributed by atoms with van der Waals surface area (Å²) in [5, 5.41) is 10.6. The quantitative estimate of drug-likeness (QED) is 0.0222. The van der Waals surface area contributed by atoms with E-state index in [-0.39, 0.29) is 25.7 Å². The van der Waals surface area contributed by atoms with E-state index in [1.54, 1.807) is 0 Å². The van der Waals surface area contributed by atoms with Gasteiger partial charge in [-0.2, -0.15) is 0 Å². The van der Waals surface area contributed by atoms with Crippen molar-refractivity contribution in [1.29, 1.82) is 0 Å². The number of carbonyl (C=O) groups is 4.